The average Bonchev–Trinajstić information content (AvgIpc) is 2.42. The van der Waals surface area contributed by atoms with E-state index in [-0.39, 0.29) is 6.10 Å². The lowest BCUT2D eigenvalue weighted by molar-refractivity contribution is 0.0351. The Morgan fingerprint density at radius 1 is 1.16 bits per heavy atom. The SMILES string of the molecule is COC(COc1ccc2ccccc2c1)CN(C)N. The highest BCUT2D eigenvalue weighted by Gasteiger charge is 2.10. The zero-order chi connectivity index (χ0) is 13.7. The van der Waals surface area contributed by atoms with Crippen LogP contribution >= 0.6 is 0 Å². The summed E-state index contributed by atoms with van der Waals surface area (Å²) < 4.78 is 11.1. The summed E-state index contributed by atoms with van der Waals surface area (Å²) in [6, 6.07) is 14.3. The highest BCUT2D eigenvalue weighted by Crippen LogP contribution is 2.20. The maximum atomic E-state index is 5.76. The van der Waals surface area contributed by atoms with Gasteiger partial charge in [-0.3, -0.25) is 5.84 Å². The number of benzene rings is 2. The Bertz CT molecular complexity index is 528. The van der Waals surface area contributed by atoms with Gasteiger partial charge in [-0.15, -0.1) is 0 Å². The van der Waals surface area contributed by atoms with Crippen molar-refractivity contribution in [1.82, 2.24) is 5.01 Å². The van der Waals surface area contributed by atoms with Gasteiger partial charge in [0.1, 0.15) is 18.5 Å². The minimum atomic E-state index is -0.0403. The average molecular weight is 260 g/mol. The molecule has 0 fully saturated rings. The first-order chi connectivity index (χ1) is 9.19. The van der Waals surface area contributed by atoms with E-state index in [1.807, 2.05) is 31.3 Å². The monoisotopic (exact) mass is 260 g/mol. The van der Waals surface area contributed by atoms with Crippen molar-refractivity contribution in [2.45, 2.75) is 6.10 Å². The van der Waals surface area contributed by atoms with Gasteiger partial charge < -0.3 is 9.47 Å². The molecule has 1 atom stereocenters. The minimum absolute atomic E-state index is 0.0403. The maximum Gasteiger partial charge on any atom is 0.120 e. The second kappa shape index (κ2) is 6.52. The fourth-order valence-electron chi connectivity index (χ4n) is 1.96. The molecule has 0 saturated carbocycles. The molecule has 0 amide bonds. The van der Waals surface area contributed by atoms with E-state index in [0.29, 0.717) is 13.2 Å². The fourth-order valence-corrected chi connectivity index (χ4v) is 1.96. The molecule has 4 nitrogen and oxygen atoms in total. The van der Waals surface area contributed by atoms with Crippen molar-refractivity contribution >= 4 is 10.8 Å². The van der Waals surface area contributed by atoms with E-state index in [4.69, 9.17) is 15.3 Å². The molecular weight excluding hydrogens is 240 g/mol. The number of fused-ring (bicyclic) bond motifs is 1. The maximum absolute atomic E-state index is 5.76. The molecule has 2 N–H and O–H groups in total. The number of methoxy groups -OCH3 is 1. The summed E-state index contributed by atoms with van der Waals surface area (Å²) in [6.45, 7) is 1.11. The lowest BCUT2D eigenvalue weighted by Gasteiger charge is -2.19. The van der Waals surface area contributed by atoms with Crippen molar-refractivity contribution in [3.05, 3.63) is 42.5 Å². The summed E-state index contributed by atoms with van der Waals surface area (Å²) in [5.41, 5.74) is 0. The van der Waals surface area contributed by atoms with Gasteiger partial charge in [-0.25, -0.2) is 5.01 Å². The molecule has 0 radical (unpaired) electrons. The van der Waals surface area contributed by atoms with Crippen LogP contribution < -0.4 is 10.6 Å². The lowest BCUT2D eigenvalue weighted by atomic mass is 10.1. The van der Waals surface area contributed by atoms with Crippen LogP contribution in [0.3, 0.4) is 0 Å². The molecule has 0 aromatic heterocycles. The topological polar surface area (TPSA) is 47.7 Å². The second-order valence-electron chi connectivity index (χ2n) is 4.62. The van der Waals surface area contributed by atoms with Crippen molar-refractivity contribution < 1.29 is 9.47 Å². The van der Waals surface area contributed by atoms with E-state index in [2.05, 4.69) is 18.2 Å². The molecule has 0 aliphatic carbocycles. The lowest BCUT2D eigenvalue weighted by Crippen LogP contribution is -2.38. The number of nitrogens with two attached hydrogens (primary N) is 1. The Hall–Kier alpha value is -1.62. The number of hydrogen-bond donors (Lipinski definition) is 1. The fraction of sp³-hybridized carbons (Fsp3) is 0.333. The van der Waals surface area contributed by atoms with Crippen LogP contribution in [0, 0.1) is 0 Å². The first-order valence-electron chi connectivity index (χ1n) is 6.29. The van der Waals surface area contributed by atoms with E-state index in [9.17, 15) is 0 Å². The van der Waals surface area contributed by atoms with Crippen LogP contribution in [0.25, 0.3) is 10.8 Å². The predicted octanol–water partition coefficient (Wildman–Crippen LogP) is 2.04. The van der Waals surface area contributed by atoms with Crippen LogP contribution in [-0.2, 0) is 4.74 Å². The molecule has 1 unspecified atom stereocenters. The van der Waals surface area contributed by atoms with Gasteiger partial charge in [-0.1, -0.05) is 30.3 Å². The number of likely N-dealkylation sites (N-methyl/N-ethyl adjacent to an activating group) is 1. The number of hydrazine groups is 1. The van der Waals surface area contributed by atoms with Crippen molar-refractivity contribution in [3.8, 4) is 5.75 Å². The summed E-state index contributed by atoms with van der Waals surface area (Å²) >= 11 is 0. The van der Waals surface area contributed by atoms with Crippen molar-refractivity contribution in [1.29, 1.82) is 0 Å². The van der Waals surface area contributed by atoms with E-state index >= 15 is 0 Å². The van der Waals surface area contributed by atoms with E-state index in [1.165, 1.54) is 10.8 Å². The van der Waals surface area contributed by atoms with Crippen molar-refractivity contribution in [2.75, 3.05) is 27.3 Å². The van der Waals surface area contributed by atoms with Crippen LogP contribution in [0.5, 0.6) is 5.75 Å². The normalized spacial score (nSPS) is 12.8. The third-order valence-corrected chi connectivity index (χ3v) is 2.98. The highest BCUT2D eigenvalue weighted by atomic mass is 16.5. The summed E-state index contributed by atoms with van der Waals surface area (Å²) in [4.78, 5) is 0. The number of rotatable bonds is 6. The first-order valence-corrected chi connectivity index (χ1v) is 6.29. The summed E-state index contributed by atoms with van der Waals surface area (Å²) in [5, 5.41) is 3.97. The number of ether oxygens (including phenoxy) is 2. The molecule has 19 heavy (non-hydrogen) atoms. The van der Waals surface area contributed by atoms with Gasteiger partial charge in [-0.05, 0) is 22.9 Å². The van der Waals surface area contributed by atoms with Crippen LogP contribution in [-0.4, -0.2) is 38.4 Å². The molecule has 4 heteroatoms. The van der Waals surface area contributed by atoms with E-state index in [0.717, 1.165) is 5.75 Å². The Labute approximate surface area is 113 Å². The van der Waals surface area contributed by atoms with E-state index in [1.54, 1.807) is 12.1 Å². The molecule has 2 aromatic carbocycles. The predicted molar refractivity (Wildman–Crippen MR) is 77.1 cm³/mol. The Kier molecular flexibility index (Phi) is 4.74. The summed E-state index contributed by atoms with van der Waals surface area (Å²) in [5.74, 6) is 6.46. The second-order valence-corrected chi connectivity index (χ2v) is 4.62. The van der Waals surface area contributed by atoms with Gasteiger partial charge in [0.2, 0.25) is 0 Å². The third kappa shape index (κ3) is 3.92. The molecule has 2 rings (SSSR count). The Morgan fingerprint density at radius 2 is 1.89 bits per heavy atom. The van der Waals surface area contributed by atoms with E-state index < -0.39 is 0 Å². The van der Waals surface area contributed by atoms with Crippen LogP contribution in [0.1, 0.15) is 0 Å². The van der Waals surface area contributed by atoms with Gasteiger partial charge in [0.25, 0.3) is 0 Å². The third-order valence-electron chi connectivity index (χ3n) is 2.98. The molecule has 0 bridgehead atoms. The highest BCUT2D eigenvalue weighted by molar-refractivity contribution is 5.83. The van der Waals surface area contributed by atoms with Gasteiger partial charge in [0.05, 0.1) is 0 Å². The molecule has 0 aliphatic rings. The van der Waals surface area contributed by atoms with Gasteiger partial charge in [-0.2, -0.15) is 0 Å². The summed E-state index contributed by atoms with van der Waals surface area (Å²) in [6.07, 6.45) is -0.0403. The standard InChI is InChI=1S/C15H20N2O2/c1-17(16)10-15(18-2)11-19-14-8-7-12-5-3-4-6-13(12)9-14/h3-9,15H,10-11,16H2,1-2H3. The number of nitrogens with zero attached hydrogens (tertiary/aromatic N) is 1. The van der Waals surface area contributed by atoms with Crippen molar-refractivity contribution in [3.63, 3.8) is 0 Å². The zero-order valence-corrected chi connectivity index (χ0v) is 11.4. The molecule has 0 saturated heterocycles. The smallest absolute Gasteiger partial charge is 0.120 e. The largest absolute Gasteiger partial charge is 0.491 e. The molecule has 102 valence electrons. The summed E-state index contributed by atoms with van der Waals surface area (Å²) in [7, 11) is 3.47. The van der Waals surface area contributed by atoms with Crippen LogP contribution in [0.2, 0.25) is 0 Å². The van der Waals surface area contributed by atoms with Gasteiger partial charge in [0.15, 0.2) is 0 Å². The van der Waals surface area contributed by atoms with Gasteiger partial charge >= 0.3 is 0 Å². The molecule has 0 aliphatic heterocycles. The van der Waals surface area contributed by atoms with Crippen molar-refractivity contribution in [2.24, 2.45) is 5.84 Å². The zero-order valence-electron chi connectivity index (χ0n) is 11.4. The molecule has 0 spiro atoms. The first kappa shape index (κ1) is 13.8. The quantitative estimate of drug-likeness (QED) is 0.638. The van der Waals surface area contributed by atoms with Crippen LogP contribution in [0.4, 0.5) is 0 Å². The molecule has 0 heterocycles. The Morgan fingerprint density at radius 3 is 2.58 bits per heavy atom. The Balaban J connectivity index is 2.00. The van der Waals surface area contributed by atoms with Crippen LogP contribution in [0.15, 0.2) is 42.5 Å². The minimum Gasteiger partial charge on any atom is -0.491 e. The molecular formula is C15H20N2O2. The molecule has 2 aromatic rings. The number of hydrogen-bond acceptors (Lipinski definition) is 4. The van der Waals surface area contributed by atoms with Gasteiger partial charge in [0, 0.05) is 20.7 Å².